The van der Waals surface area contributed by atoms with Crippen molar-refractivity contribution in [2.75, 3.05) is 30.9 Å². The lowest BCUT2D eigenvalue weighted by Crippen LogP contribution is -2.22. The molecule has 0 spiro atoms. The van der Waals surface area contributed by atoms with Gasteiger partial charge in [0.2, 0.25) is 0 Å². The third-order valence-electron chi connectivity index (χ3n) is 3.58. The molecule has 1 heterocycles. The molecule has 0 bridgehead atoms. The molecule has 0 saturated carbocycles. The molecule has 24 heavy (non-hydrogen) atoms. The highest BCUT2D eigenvalue weighted by atomic mass is 16.5. The number of anilines is 2. The number of fused-ring (bicyclic) bond motifs is 1. The zero-order chi connectivity index (χ0) is 16.9. The van der Waals surface area contributed by atoms with Crippen LogP contribution < -0.4 is 15.0 Å². The van der Waals surface area contributed by atoms with Crippen LogP contribution in [0.2, 0.25) is 0 Å². The van der Waals surface area contributed by atoms with E-state index in [4.69, 9.17) is 4.74 Å². The fourth-order valence-corrected chi connectivity index (χ4v) is 2.44. The number of ether oxygens (including phenoxy) is 1. The maximum Gasteiger partial charge on any atom is 0.262 e. The van der Waals surface area contributed by atoms with Gasteiger partial charge < -0.3 is 15.0 Å². The van der Waals surface area contributed by atoms with Crippen molar-refractivity contribution in [3.63, 3.8) is 0 Å². The first-order valence-corrected chi connectivity index (χ1v) is 7.67. The third kappa shape index (κ3) is 3.63. The lowest BCUT2D eigenvalue weighted by atomic mass is 10.1. The Kier molecular flexibility index (Phi) is 4.61. The number of carbonyl (C=O) groups excluding carboxylic acids is 1. The number of benzene rings is 2. The molecule has 0 radical (unpaired) electrons. The van der Waals surface area contributed by atoms with Gasteiger partial charge in [-0.15, -0.1) is 0 Å². The fourth-order valence-electron chi connectivity index (χ4n) is 2.44. The third-order valence-corrected chi connectivity index (χ3v) is 3.58. The van der Waals surface area contributed by atoms with E-state index in [9.17, 15) is 4.79 Å². The highest BCUT2D eigenvalue weighted by Crippen LogP contribution is 2.22. The SMILES string of the molecule is CN(C)c1ncccc1NC(=O)COc1ccc2ccccc2c1. The smallest absolute Gasteiger partial charge is 0.262 e. The molecule has 1 amide bonds. The molecular weight excluding hydrogens is 302 g/mol. The quantitative estimate of drug-likeness (QED) is 0.783. The highest BCUT2D eigenvalue weighted by molar-refractivity contribution is 5.94. The molecule has 0 aliphatic heterocycles. The first-order chi connectivity index (χ1) is 11.6. The molecule has 3 rings (SSSR count). The number of pyridine rings is 1. The summed E-state index contributed by atoms with van der Waals surface area (Å²) in [5.74, 6) is 1.15. The van der Waals surface area contributed by atoms with Gasteiger partial charge in [0, 0.05) is 20.3 Å². The lowest BCUT2D eigenvalue weighted by Gasteiger charge is -2.16. The predicted octanol–water partition coefficient (Wildman–Crippen LogP) is 3.32. The molecule has 2 aromatic carbocycles. The Bertz CT molecular complexity index is 862. The van der Waals surface area contributed by atoms with Crippen molar-refractivity contribution in [1.29, 1.82) is 0 Å². The first-order valence-electron chi connectivity index (χ1n) is 7.67. The van der Waals surface area contributed by atoms with Crippen molar-refractivity contribution >= 4 is 28.2 Å². The van der Waals surface area contributed by atoms with Crippen molar-refractivity contribution in [2.45, 2.75) is 0 Å². The Morgan fingerprint density at radius 2 is 1.88 bits per heavy atom. The zero-order valence-corrected chi connectivity index (χ0v) is 13.7. The van der Waals surface area contributed by atoms with Crippen molar-refractivity contribution < 1.29 is 9.53 Å². The molecule has 3 aromatic rings. The number of hydrogen-bond donors (Lipinski definition) is 1. The Labute approximate surface area is 140 Å². The van der Waals surface area contributed by atoms with Crippen LogP contribution in [0.25, 0.3) is 10.8 Å². The summed E-state index contributed by atoms with van der Waals surface area (Å²) in [4.78, 5) is 18.2. The van der Waals surface area contributed by atoms with Crippen LogP contribution in [-0.4, -0.2) is 31.6 Å². The van der Waals surface area contributed by atoms with Crippen molar-refractivity contribution in [1.82, 2.24) is 4.98 Å². The van der Waals surface area contributed by atoms with Crippen LogP contribution in [0.1, 0.15) is 0 Å². The van der Waals surface area contributed by atoms with E-state index in [2.05, 4.69) is 10.3 Å². The van der Waals surface area contributed by atoms with Crippen LogP contribution in [0.5, 0.6) is 5.75 Å². The number of nitrogens with zero attached hydrogens (tertiary/aromatic N) is 2. The molecular formula is C19H19N3O2. The number of aromatic nitrogens is 1. The van der Waals surface area contributed by atoms with Gasteiger partial charge in [-0.1, -0.05) is 30.3 Å². The molecule has 1 N–H and O–H groups in total. The van der Waals surface area contributed by atoms with Gasteiger partial charge >= 0.3 is 0 Å². The first kappa shape index (κ1) is 15.8. The topological polar surface area (TPSA) is 54.5 Å². The van der Waals surface area contributed by atoms with Gasteiger partial charge in [0.05, 0.1) is 5.69 Å². The minimum atomic E-state index is -0.223. The van der Waals surface area contributed by atoms with E-state index < -0.39 is 0 Å². The van der Waals surface area contributed by atoms with Crippen molar-refractivity contribution in [3.05, 3.63) is 60.8 Å². The zero-order valence-electron chi connectivity index (χ0n) is 13.7. The average Bonchev–Trinajstić information content (AvgIpc) is 2.60. The minimum absolute atomic E-state index is 0.0555. The molecule has 0 atom stereocenters. The van der Waals surface area contributed by atoms with Gasteiger partial charge in [-0.2, -0.15) is 0 Å². The predicted molar refractivity (Wildman–Crippen MR) is 96.6 cm³/mol. The number of hydrogen-bond acceptors (Lipinski definition) is 4. The molecule has 1 aromatic heterocycles. The summed E-state index contributed by atoms with van der Waals surface area (Å²) in [7, 11) is 3.76. The normalized spacial score (nSPS) is 10.4. The van der Waals surface area contributed by atoms with Crippen LogP contribution in [-0.2, 0) is 4.79 Å². The Morgan fingerprint density at radius 1 is 1.08 bits per heavy atom. The lowest BCUT2D eigenvalue weighted by molar-refractivity contribution is -0.118. The molecule has 0 saturated heterocycles. The maximum atomic E-state index is 12.1. The summed E-state index contributed by atoms with van der Waals surface area (Å²) in [5, 5.41) is 5.05. The number of carbonyl (C=O) groups is 1. The number of amides is 1. The molecule has 0 fully saturated rings. The van der Waals surface area contributed by atoms with E-state index in [1.165, 1.54) is 0 Å². The van der Waals surface area contributed by atoms with Gasteiger partial charge in [-0.05, 0) is 35.0 Å². The van der Waals surface area contributed by atoms with Gasteiger partial charge in [-0.25, -0.2) is 4.98 Å². The molecule has 5 nitrogen and oxygen atoms in total. The summed E-state index contributed by atoms with van der Waals surface area (Å²) < 4.78 is 5.60. The summed E-state index contributed by atoms with van der Waals surface area (Å²) >= 11 is 0. The second-order valence-corrected chi connectivity index (χ2v) is 5.61. The van der Waals surface area contributed by atoms with Crippen molar-refractivity contribution in [3.8, 4) is 5.75 Å². The highest BCUT2D eigenvalue weighted by Gasteiger charge is 2.10. The summed E-state index contributed by atoms with van der Waals surface area (Å²) in [6.45, 7) is -0.0555. The second-order valence-electron chi connectivity index (χ2n) is 5.61. The van der Waals surface area contributed by atoms with E-state index in [0.29, 0.717) is 17.3 Å². The molecule has 0 aliphatic carbocycles. The Hall–Kier alpha value is -3.08. The van der Waals surface area contributed by atoms with Crippen LogP contribution >= 0.6 is 0 Å². The van der Waals surface area contributed by atoms with Crippen molar-refractivity contribution in [2.24, 2.45) is 0 Å². The van der Waals surface area contributed by atoms with Gasteiger partial charge in [-0.3, -0.25) is 4.79 Å². The van der Waals surface area contributed by atoms with Crippen LogP contribution in [0.4, 0.5) is 11.5 Å². The Morgan fingerprint density at radius 3 is 2.67 bits per heavy atom. The molecule has 5 heteroatoms. The van der Waals surface area contributed by atoms with E-state index in [-0.39, 0.29) is 12.5 Å². The van der Waals surface area contributed by atoms with E-state index in [1.54, 1.807) is 12.3 Å². The van der Waals surface area contributed by atoms with E-state index in [0.717, 1.165) is 10.8 Å². The molecule has 122 valence electrons. The van der Waals surface area contributed by atoms with Crippen LogP contribution in [0.15, 0.2) is 60.8 Å². The maximum absolute atomic E-state index is 12.1. The molecule has 0 aliphatic rings. The number of rotatable bonds is 5. The standard InChI is InChI=1S/C19H19N3O2/c1-22(2)19-17(8-5-11-20-19)21-18(23)13-24-16-10-9-14-6-3-4-7-15(14)12-16/h3-12H,13H2,1-2H3,(H,21,23). The van der Waals surface area contributed by atoms with Gasteiger partial charge in [0.1, 0.15) is 5.75 Å². The summed E-state index contributed by atoms with van der Waals surface area (Å²) in [6.07, 6.45) is 1.69. The fraction of sp³-hybridized carbons (Fsp3) is 0.158. The second kappa shape index (κ2) is 7.00. The van der Waals surface area contributed by atoms with E-state index in [1.807, 2.05) is 67.5 Å². The monoisotopic (exact) mass is 321 g/mol. The molecule has 0 unspecified atom stereocenters. The van der Waals surface area contributed by atoms with Crippen LogP contribution in [0.3, 0.4) is 0 Å². The van der Waals surface area contributed by atoms with E-state index >= 15 is 0 Å². The largest absolute Gasteiger partial charge is 0.484 e. The average molecular weight is 321 g/mol. The minimum Gasteiger partial charge on any atom is -0.484 e. The van der Waals surface area contributed by atoms with Crippen LogP contribution in [0, 0.1) is 0 Å². The van der Waals surface area contributed by atoms with Gasteiger partial charge in [0.15, 0.2) is 12.4 Å². The summed E-state index contributed by atoms with van der Waals surface area (Å²) in [5.41, 5.74) is 0.662. The Balaban J connectivity index is 1.65. The summed E-state index contributed by atoms with van der Waals surface area (Å²) in [6, 6.07) is 17.4. The number of nitrogens with one attached hydrogen (secondary N) is 1. The van der Waals surface area contributed by atoms with Gasteiger partial charge in [0.25, 0.3) is 5.91 Å².